The first-order valence-corrected chi connectivity index (χ1v) is 5.57. The summed E-state index contributed by atoms with van der Waals surface area (Å²) < 4.78 is 16.3. The van der Waals surface area contributed by atoms with E-state index in [0.29, 0.717) is 12.0 Å². The van der Waals surface area contributed by atoms with Crippen LogP contribution in [-0.2, 0) is 14.2 Å². The predicted octanol–water partition coefficient (Wildman–Crippen LogP) is 1.96. The molecular weight excluding hydrogens is 180 g/mol. The van der Waals surface area contributed by atoms with Gasteiger partial charge in [-0.25, -0.2) is 0 Å². The van der Waals surface area contributed by atoms with E-state index in [4.69, 9.17) is 14.2 Å². The SMILES string of the molecule is COCC1OCC2(CCCCC2)CO1. The Balaban J connectivity index is 1.81. The third kappa shape index (κ3) is 2.27. The highest BCUT2D eigenvalue weighted by atomic mass is 16.7. The van der Waals surface area contributed by atoms with Gasteiger partial charge in [0.15, 0.2) is 6.29 Å². The molecule has 1 saturated heterocycles. The molecule has 0 aromatic rings. The van der Waals surface area contributed by atoms with E-state index >= 15 is 0 Å². The second kappa shape index (κ2) is 4.60. The molecule has 0 aromatic carbocycles. The van der Waals surface area contributed by atoms with Crippen LogP contribution < -0.4 is 0 Å². The summed E-state index contributed by atoms with van der Waals surface area (Å²) in [6, 6.07) is 0. The average Bonchev–Trinajstić information content (AvgIpc) is 2.24. The van der Waals surface area contributed by atoms with Crippen LogP contribution in [0.5, 0.6) is 0 Å². The number of ether oxygens (including phenoxy) is 3. The molecule has 1 saturated carbocycles. The molecule has 0 radical (unpaired) electrons. The van der Waals surface area contributed by atoms with Crippen LogP contribution in [0.15, 0.2) is 0 Å². The molecule has 2 fully saturated rings. The van der Waals surface area contributed by atoms with E-state index in [1.165, 1.54) is 32.1 Å². The van der Waals surface area contributed by atoms with Gasteiger partial charge in [0.05, 0.1) is 19.8 Å². The van der Waals surface area contributed by atoms with E-state index in [2.05, 4.69) is 0 Å². The lowest BCUT2D eigenvalue weighted by Crippen LogP contribution is -2.44. The molecule has 82 valence electrons. The molecule has 2 rings (SSSR count). The van der Waals surface area contributed by atoms with Gasteiger partial charge in [-0.2, -0.15) is 0 Å². The van der Waals surface area contributed by atoms with Gasteiger partial charge in [0.1, 0.15) is 0 Å². The summed E-state index contributed by atoms with van der Waals surface area (Å²) in [5.74, 6) is 0. The van der Waals surface area contributed by atoms with Gasteiger partial charge in [0, 0.05) is 12.5 Å². The van der Waals surface area contributed by atoms with Crippen LogP contribution in [0.3, 0.4) is 0 Å². The van der Waals surface area contributed by atoms with Crippen LogP contribution in [-0.4, -0.2) is 33.2 Å². The highest BCUT2D eigenvalue weighted by Gasteiger charge is 2.37. The number of hydrogen-bond acceptors (Lipinski definition) is 3. The summed E-state index contributed by atoms with van der Waals surface area (Å²) in [6.45, 7) is 2.28. The molecule has 3 heteroatoms. The van der Waals surface area contributed by atoms with Crippen molar-refractivity contribution in [1.82, 2.24) is 0 Å². The normalized spacial score (nSPS) is 28.1. The Labute approximate surface area is 85.7 Å². The monoisotopic (exact) mass is 200 g/mol. The fourth-order valence-corrected chi connectivity index (χ4v) is 2.45. The van der Waals surface area contributed by atoms with E-state index in [1.54, 1.807) is 7.11 Å². The zero-order valence-corrected chi connectivity index (χ0v) is 8.96. The van der Waals surface area contributed by atoms with Gasteiger partial charge >= 0.3 is 0 Å². The van der Waals surface area contributed by atoms with E-state index in [0.717, 1.165) is 13.2 Å². The van der Waals surface area contributed by atoms with Crippen molar-refractivity contribution in [3.05, 3.63) is 0 Å². The van der Waals surface area contributed by atoms with E-state index in [-0.39, 0.29) is 6.29 Å². The van der Waals surface area contributed by atoms with Crippen LogP contribution in [0.25, 0.3) is 0 Å². The molecule has 14 heavy (non-hydrogen) atoms. The van der Waals surface area contributed by atoms with E-state index in [9.17, 15) is 0 Å². The van der Waals surface area contributed by atoms with Crippen LogP contribution in [0.1, 0.15) is 32.1 Å². The van der Waals surface area contributed by atoms with Gasteiger partial charge in [0.2, 0.25) is 0 Å². The molecule has 0 unspecified atom stereocenters. The maximum Gasteiger partial charge on any atom is 0.180 e. The highest BCUT2D eigenvalue weighted by Crippen LogP contribution is 2.39. The smallest absolute Gasteiger partial charge is 0.180 e. The molecule has 1 aliphatic carbocycles. The van der Waals surface area contributed by atoms with Gasteiger partial charge in [0.25, 0.3) is 0 Å². The molecule has 0 bridgehead atoms. The zero-order valence-electron chi connectivity index (χ0n) is 8.96. The Morgan fingerprint density at radius 3 is 2.36 bits per heavy atom. The summed E-state index contributed by atoms with van der Waals surface area (Å²) in [6.07, 6.45) is 6.46. The Morgan fingerprint density at radius 1 is 1.14 bits per heavy atom. The van der Waals surface area contributed by atoms with Crippen LogP contribution in [0, 0.1) is 5.41 Å². The lowest BCUT2D eigenvalue weighted by atomic mass is 9.75. The van der Waals surface area contributed by atoms with Crippen molar-refractivity contribution in [3.8, 4) is 0 Å². The van der Waals surface area contributed by atoms with E-state index in [1.807, 2.05) is 0 Å². The first-order chi connectivity index (χ1) is 6.85. The third-order valence-electron chi connectivity index (χ3n) is 3.37. The Kier molecular flexibility index (Phi) is 3.42. The summed E-state index contributed by atoms with van der Waals surface area (Å²) >= 11 is 0. The fraction of sp³-hybridized carbons (Fsp3) is 1.00. The number of methoxy groups -OCH3 is 1. The lowest BCUT2D eigenvalue weighted by Gasteiger charge is -2.42. The molecular formula is C11H20O3. The van der Waals surface area contributed by atoms with Crippen molar-refractivity contribution in [2.75, 3.05) is 26.9 Å². The molecule has 0 atom stereocenters. The van der Waals surface area contributed by atoms with Gasteiger partial charge in [-0.15, -0.1) is 0 Å². The molecule has 1 aliphatic heterocycles. The molecule has 1 spiro atoms. The van der Waals surface area contributed by atoms with Crippen molar-refractivity contribution >= 4 is 0 Å². The number of rotatable bonds is 2. The Bertz CT molecular complexity index is 165. The Morgan fingerprint density at radius 2 is 1.79 bits per heavy atom. The zero-order chi connectivity index (χ0) is 9.86. The summed E-state index contributed by atoms with van der Waals surface area (Å²) in [7, 11) is 1.68. The van der Waals surface area contributed by atoms with Crippen LogP contribution in [0.4, 0.5) is 0 Å². The first kappa shape index (κ1) is 10.4. The van der Waals surface area contributed by atoms with Crippen molar-refractivity contribution in [2.45, 2.75) is 38.4 Å². The van der Waals surface area contributed by atoms with Crippen LogP contribution in [0.2, 0.25) is 0 Å². The molecule has 3 nitrogen and oxygen atoms in total. The van der Waals surface area contributed by atoms with Gasteiger partial charge in [-0.1, -0.05) is 19.3 Å². The minimum Gasteiger partial charge on any atom is -0.379 e. The third-order valence-corrected chi connectivity index (χ3v) is 3.37. The minimum absolute atomic E-state index is 0.132. The standard InChI is InChI=1S/C11H20O3/c1-12-7-10-13-8-11(9-14-10)5-3-2-4-6-11/h10H,2-9H2,1H3. The predicted molar refractivity (Wildman–Crippen MR) is 53.1 cm³/mol. The highest BCUT2D eigenvalue weighted by molar-refractivity contribution is 4.84. The summed E-state index contributed by atoms with van der Waals surface area (Å²) in [5, 5.41) is 0. The number of hydrogen-bond donors (Lipinski definition) is 0. The fourth-order valence-electron chi connectivity index (χ4n) is 2.45. The molecule has 0 N–H and O–H groups in total. The van der Waals surface area contributed by atoms with Gasteiger partial charge in [-0.05, 0) is 12.8 Å². The average molecular weight is 200 g/mol. The molecule has 1 heterocycles. The van der Waals surface area contributed by atoms with Crippen molar-refractivity contribution < 1.29 is 14.2 Å². The minimum atomic E-state index is -0.132. The van der Waals surface area contributed by atoms with E-state index < -0.39 is 0 Å². The van der Waals surface area contributed by atoms with Crippen molar-refractivity contribution in [2.24, 2.45) is 5.41 Å². The first-order valence-electron chi connectivity index (χ1n) is 5.57. The second-order valence-electron chi connectivity index (χ2n) is 4.57. The lowest BCUT2D eigenvalue weighted by molar-refractivity contribution is -0.249. The maximum absolute atomic E-state index is 5.66. The summed E-state index contributed by atoms with van der Waals surface area (Å²) in [5.41, 5.74) is 0.336. The molecule has 0 aromatic heterocycles. The topological polar surface area (TPSA) is 27.7 Å². The largest absolute Gasteiger partial charge is 0.379 e. The maximum atomic E-state index is 5.66. The van der Waals surface area contributed by atoms with Gasteiger partial charge in [-0.3, -0.25) is 0 Å². The molecule has 2 aliphatic rings. The van der Waals surface area contributed by atoms with Crippen molar-refractivity contribution in [1.29, 1.82) is 0 Å². The van der Waals surface area contributed by atoms with Crippen molar-refractivity contribution in [3.63, 3.8) is 0 Å². The van der Waals surface area contributed by atoms with Crippen LogP contribution >= 0.6 is 0 Å². The Hall–Kier alpha value is -0.120. The molecule has 0 amide bonds. The second-order valence-corrected chi connectivity index (χ2v) is 4.57. The summed E-state index contributed by atoms with van der Waals surface area (Å²) in [4.78, 5) is 0. The van der Waals surface area contributed by atoms with Gasteiger partial charge < -0.3 is 14.2 Å². The quantitative estimate of drug-likeness (QED) is 0.682.